The summed E-state index contributed by atoms with van der Waals surface area (Å²) in [5.74, 6) is 0.303. The molecule has 0 heterocycles. The van der Waals surface area contributed by atoms with Gasteiger partial charge in [-0.3, -0.25) is 14.9 Å². The Morgan fingerprint density at radius 3 is 2.21 bits per heavy atom. The van der Waals surface area contributed by atoms with E-state index in [0.29, 0.717) is 29.2 Å². The number of non-ortho nitro benzene ring substituents is 1. The number of ether oxygens (including phenoxy) is 1. The average molecular weight is 389 g/mol. The van der Waals surface area contributed by atoms with E-state index in [2.05, 4.69) is 10.5 Å². The van der Waals surface area contributed by atoms with Crippen LogP contribution < -0.4 is 10.2 Å². The van der Waals surface area contributed by atoms with Gasteiger partial charge in [0.05, 0.1) is 10.6 Å². The molecule has 0 radical (unpaired) electrons. The van der Waals surface area contributed by atoms with Gasteiger partial charge in [-0.05, 0) is 54.4 Å². The van der Waals surface area contributed by atoms with E-state index in [1.54, 1.807) is 43.3 Å². The largest absolute Gasteiger partial charge is 0.489 e. The molecule has 0 spiro atoms. The molecule has 0 aliphatic carbocycles. The molecule has 0 aliphatic heterocycles. The lowest BCUT2D eigenvalue weighted by molar-refractivity contribution is -0.384. The van der Waals surface area contributed by atoms with Crippen molar-refractivity contribution in [1.29, 1.82) is 0 Å². The van der Waals surface area contributed by atoms with Gasteiger partial charge in [-0.2, -0.15) is 5.10 Å². The monoisotopic (exact) mass is 389 g/mol. The highest BCUT2D eigenvalue weighted by atomic mass is 16.6. The maximum atomic E-state index is 12.3. The third kappa shape index (κ3) is 5.49. The highest BCUT2D eigenvalue weighted by Crippen LogP contribution is 2.15. The smallest absolute Gasteiger partial charge is 0.271 e. The molecule has 0 unspecified atom stereocenters. The molecule has 3 aromatic carbocycles. The summed E-state index contributed by atoms with van der Waals surface area (Å²) >= 11 is 0. The number of rotatable bonds is 7. The third-order valence-corrected chi connectivity index (χ3v) is 4.19. The number of carbonyl (C=O) groups is 1. The fraction of sp³-hybridized carbons (Fsp3) is 0.0909. The summed E-state index contributed by atoms with van der Waals surface area (Å²) < 4.78 is 5.70. The van der Waals surface area contributed by atoms with Crippen LogP contribution in [0, 0.1) is 10.1 Å². The standard InChI is InChI=1S/C22H19N3O4/c1-16(18-7-11-20(12-8-18)25(27)28)23-24-22(26)19-9-13-21(14-10-19)29-15-17-5-3-2-4-6-17/h2-14H,15H2,1H3,(H,24,26). The molecule has 0 aromatic heterocycles. The van der Waals surface area contributed by atoms with Gasteiger partial charge in [0.25, 0.3) is 11.6 Å². The van der Waals surface area contributed by atoms with E-state index in [9.17, 15) is 14.9 Å². The van der Waals surface area contributed by atoms with Crippen molar-refractivity contribution in [3.05, 3.63) is 106 Å². The topological polar surface area (TPSA) is 93.8 Å². The lowest BCUT2D eigenvalue weighted by atomic mass is 10.1. The maximum absolute atomic E-state index is 12.3. The van der Waals surface area contributed by atoms with E-state index < -0.39 is 4.92 Å². The minimum absolute atomic E-state index is 0.000147. The summed E-state index contributed by atoms with van der Waals surface area (Å²) in [5.41, 5.74) is 5.21. The molecule has 7 heteroatoms. The Hall–Kier alpha value is -4.00. The number of nitro groups is 1. The summed E-state index contributed by atoms with van der Waals surface area (Å²) in [6.45, 7) is 2.16. The minimum atomic E-state index is -0.467. The maximum Gasteiger partial charge on any atom is 0.271 e. The molecular formula is C22H19N3O4. The zero-order valence-corrected chi connectivity index (χ0v) is 15.7. The second-order valence-corrected chi connectivity index (χ2v) is 6.24. The predicted octanol–water partition coefficient (Wildman–Crippen LogP) is 4.33. The van der Waals surface area contributed by atoms with Gasteiger partial charge in [-0.1, -0.05) is 30.3 Å². The Kier molecular flexibility index (Phi) is 6.32. The second kappa shape index (κ2) is 9.27. The summed E-state index contributed by atoms with van der Waals surface area (Å²) in [6, 6.07) is 22.5. The van der Waals surface area contributed by atoms with Crippen LogP contribution in [0.25, 0.3) is 0 Å². The minimum Gasteiger partial charge on any atom is -0.489 e. The molecule has 29 heavy (non-hydrogen) atoms. The lowest BCUT2D eigenvalue weighted by Crippen LogP contribution is -2.19. The number of hydrogen-bond donors (Lipinski definition) is 1. The van der Waals surface area contributed by atoms with Gasteiger partial charge in [0.15, 0.2) is 0 Å². The van der Waals surface area contributed by atoms with Crippen LogP contribution in [0.5, 0.6) is 5.75 Å². The van der Waals surface area contributed by atoms with E-state index in [-0.39, 0.29) is 11.6 Å². The SMILES string of the molecule is CC(=NNC(=O)c1ccc(OCc2ccccc2)cc1)c1ccc([N+](=O)[O-])cc1. The van der Waals surface area contributed by atoms with Crippen molar-refractivity contribution in [2.75, 3.05) is 0 Å². The zero-order chi connectivity index (χ0) is 20.6. The van der Waals surface area contributed by atoms with Crippen LogP contribution in [-0.4, -0.2) is 16.5 Å². The van der Waals surface area contributed by atoms with Gasteiger partial charge in [0.1, 0.15) is 12.4 Å². The number of nitro benzene ring substituents is 1. The van der Waals surface area contributed by atoms with Crippen LogP contribution in [0.3, 0.4) is 0 Å². The normalized spacial score (nSPS) is 11.0. The van der Waals surface area contributed by atoms with Gasteiger partial charge >= 0.3 is 0 Å². The Balaban J connectivity index is 1.57. The van der Waals surface area contributed by atoms with Crippen molar-refractivity contribution >= 4 is 17.3 Å². The van der Waals surface area contributed by atoms with E-state index in [0.717, 1.165) is 5.56 Å². The summed E-state index contributed by atoms with van der Waals surface area (Å²) in [4.78, 5) is 22.5. The van der Waals surface area contributed by atoms with Crippen molar-refractivity contribution < 1.29 is 14.5 Å². The third-order valence-electron chi connectivity index (χ3n) is 4.19. The Labute approximate surface area is 167 Å². The molecule has 0 atom stereocenters. The molecule has 1 amide bonds. The van der Waals surface area contributed by atoms with E-state index >= 15 is 0 Å². The molecule has 3 aromatic rings. The number of nitrogens with one attached hydrogen (secondary N) is 1. The van der Waals surface area contributed by atoms with Gasteiger partial charge in [0, 0.05) is 17.7 Å². The van der Waals surface area contributed by atoms with Crippen molar-refractivity contribution in [3.63, 3.8) is 0 Å². The zero-order valence-electron chi connectivity index (χ0n) is 15.7. The van der Waals surface area contributed by atoms with Crippen LogP contribution in [0.2, 0.25) is 0 Å². The first kappa shape index (κ1) is 19.8. The quantitative estimate of drug-likeness (QED) is 0.370. The number of hydrazone groups is 1. The summed E-state index contributed by atoms with van der Waals surface area (Å²) in [5, 5.41) is 14.8. The molecular weight excluding hydrogens is 370 g/mol. The molecule has 146 valence electrons. The number of amides is 1. The molecule has 0 saturated carbocycles. The molecule has 7 nitrogen and oxygen atoms in total. The molecule has 1 N–H and O–H groups in total. The van der Waals surface area contributed by atoms with Gasteiger partial charge < -0.3 is 4.74 Å². The predicted molar refractivity (Wildman–Crippen MR) is 110 cm³/mol. The van der Waals surface area contributed by atoms with E-state index in [4.69, 9.17) is 4.74 Å². The number of carbonyl (C=O) groups excluding carboxylic acids is 1. The molecule has 0 bridgehead atoms. The average Bonchev–Trinajstić information content (AvgIpc) is 2.77. The summed E-state index contributed by atoms with van der Waals surface area (Å²) in [6.07, 6.45) is 0. The second-order valence-electron chi connectivity index (χ2n) is 6.24. The van der Waals surface area contributed by atoms with Crippen LogP contribution in [-0.2, 0) is 6.61 Å². The number of nitrogens with zero attached hydrogens (tertiary/aromatic N) is 2. The first-order valence-corrected chi connectivity index (χ1v) is 8.89. The van der Waals surface area contributed by atoms with Gasteiger partial charge in [-0.15, -0.1) is 0 Å². The van der Waals surface area contributed by atoms with Gasteiger partial charge in [0.2, 0.25) is 0 Å². The number of benzene rings is 3. The lowest BCUT2D eigenvalue weighted by Gasteiger charge is -2.07. The molecule has 0 fully saturated rings. The van der Waals surface area contributed by atoms with Crippen molar-refractivity contribution in [3.8, 4) is 5.75 Å². The van der Waals surface area contributed by atoms with Crippen LogP contribution in [0.15, 0.2) is 84.0 Å². The van der Waals surface area contributed by atoms with Crippen molar-refractivity contribution in [2.24, 2.45) is 5.10 Å². The van der Waals surface area contributed by atoms with Crippen LogP contribution in [0.1, 0.15) is 28.4 Å². The summed E-state index contributed by atoms with van der Waals surface area (Å²) in [7, 11) is 0. The fourth-order valence-corrected chi connectivity index (χ4v) is 2.53. The van der Waals surface area contributed by atoms with Crippen LogP contribution in [0.4, 0.5) is 5.69 Å². The first-order chi connectivity index (χ1) is 14.0. The molecule has 3 rings (SSSR count). The van der Waals surface area contributed by atoms with Crippen LogP contribution >= 0.6 is 0 Å². The highest BCUT2D eigenvalue weighted by molar-refractivity contribution is 6.01. The Morgan fingerprint density at radius 1 is 0.966 bits per heavy atom. The Bertz CT molecular complexity index is 1010. The fourth-order valence-electron chi connectivity index (χ4n) is 2.53. The number of hydrogen-bond acceptors (Lipinski definition) is 5. The van der Waals surface area contributed by atoms with Crippen molar-refractivity contribution in [2.45, 2.75) is 13.5 Å². The van der Waals surface area contributed by atoms with E-state index in [1.165, 1.54) is 12.1 Å². The van der Waals surface area contributed by atoms with Gasteiger partial charge in [-0.25, -0.2) is 5.43 Å². The molecule has 0 saturated heterocycles. The van der Waals surface area contributed by atoms with E-state index in [1.807, 2.05) is 30.3 Å². The Morgan fingerprint density at radius 2 is 1.59 bits per heavy atom. The first-order valence-electron chi connectivity index (χ1n) is 8.89. The van der Waals surface area contributed by atoms with Crippen molar-refractivity contribution in [1.82, 2.24) is 5.43 Å². The molecule has 0 aliphatic rings. The highest BCUT2D eigenvalue weighted by Gasteiger charge is 2.08.